The second kappa shape index (κ2) is 9.47. The minimum absolute atomic E-state index is 0.111. The molecule has 0 aliphatic carbocycles. The number of hydrogen-bond acceptors (Lipinski definition) is 6. The fourth-order valence-electron chi connectivity index (χ4n) is 2.55. The molecule has 0 spiro atoms. The van der Waals surface area contributed by atoms with E-state index in [1.54, 1.807) is 24.3 Å². The summed E-state index contributed by atoms with van der Waals surface area (Å²) < 4.78 is 18.1. The summed E-state index contributed by atoms with van der Waals surface area (Å²) >= 11 is 5.54. The molecule has 1 atom stereocenters. The van der Waals surface area contributed by atoms with Gasteiger partial charge in [-0.05, 0) is 59.8 Å². The van der Waals surface area contributed by atoms with Crippen LogP contribution in [0.3, 0.4) is 0 Å². The second-order valence-corrected chi connectivity index (χ2v) is 8.17. The van der Waals surface area contributed by atoms with Crippen LogP contribution in [0.5, 0.6) is 11.5 Å². The summed E-state index contributed by atoms with van der Waals surface area (Å²) in [6, 6.07) is 10.3. The van der Waals surface area contributed by atoms with Gasteiger partial charge in [0.15, 0.2) is 23.4 Å². The summed E-state index contributed by atoms with van der Waals surface area (Å²) in [4.78, 5) is 23.5. The van der Waals surface area contributed by atoms with Gasteiger partial charge in [0.25, 0.3) is 0 Å². The quantitative estimate of drug-likeness (QED) is 0.241. The summed E-state index contributed by atoms with van der Waals surface area (Å²) in [5, 5.41) is 13.8. The molecule has 0 aliphatic heterocycles. The lowest BCUT2D eigenvalue weighted by atomic mass is 10.2. The van der Waals surface area contributed by atoms with Crippen molar-refractivity contribution >= 4 is 67.6 Å². The Labute approximate surface area is 193 Å². The molecule has 0 radical (unpaired) electrons. The number of amides is 1. The average molecular weight is 587 g/mol. The number of rotatable bonds is 7. The number of carbonyl (C=O) groups excluding carboxylic acids is 1. The van der Waals surface area contributed by atoms with Gasteiger partial charge >= 0.3 is 11.9 Å². The van der Waals surface area contributed by atoms with E-state index in [2.05, 4.69) is 49.0 Å². The average Bonchev–Trinajstić information content (AvgIpc) is 3.13. The number of aliphatic carboxylic acids is 1. The molecule has 2 aromatic carbocycles. The van der Waals surface area contributed by atoms with Crippen LogP contribution >= 0.6 is 38.5 Å². The normalized spacial score (nSPS) is 12.1. The van der Waals surface area contributed by atoms with Gasteiger partial charge in [0.05, 0.1) is 16.9 Å². The molecule has 0 unspecified atom stereocenters. The molecule has 8 nitrogen and oxygen atoms in total. The van der Waals surface area contributed by atoms with Gasteiger partial charge in [-0.15, -0.1) is 0 Å². The highest BCUT2D eigenvalue weighted by Gasteiger charge is 2.18. The zero-order valence-electron chi connectivity index (χ0n) is 15.8. The highest BCUT2D eigenvalue weighted by atomic mass is 127. The first-order valence-electron chi connectivity index (χ1n) is 8.58. The molecule has 0 saturated carbocycles. The van der Waals surface area contributed by atoms with Crippen molar-refractivity contribution in [2.24, 2.45) is 5.10 Å². The van der Waals surface area contributed by atoms with Gasteiger partial charge in [0.2, 0.25) is 0 Å². The standard InChI is InChI=1S/C20H16BrIN2O6/c1-10(20(26)27)29-18-11(4-3-5-15(18)28-2)9-23-24-19(25)16-7-12-6-13(21)8-14(22)17(12)30-16/h3-10H,1-2H3,(H,24,25)(H,26,27)/b23-9-/t10-/m0/s1. The van der Waals surface area contributed by atoms with Gasteiger partial charge in [0.1, 0.15) is 5.58 Å². The zero-order chi connectivity index (χ0) is 21.8. The maximum Gasteiger partial charge on any atom is 0.344 e. The van der Waals surface area contributed by atoms with Crippen LogP contribution in [-0.2, 0) is 4.79 Å². The highest BCUT2D eigenvalue weighted by molar-refractivity contribution is 14.1. The molecule has 0 saturated heterocycles. The van der Waals surface area contributed by atoms with Crippen LogP contribution in [0, 0.1) is 3.57 Å². The van der Waals surface area contributed by atoms with Crippen molar-refractivity contribution in [3.05, 3.63) is 55.8 Å². The van der Waals surface area contributed by atoms with Crippen molar-refractivity contribution in [2.45, 2.75) is 13.0 Å². The predicted molar refractivity (Wildman–Crippen MR) is 122 cm³/mol. The molecule has 3 rings (SSSR count). The van der Waals surface area contributed by atoms with E-state index in [-0.39, 0.29) is 11.5 Å². The number of nitrogens with one attached hydrogen (secondary N) is 1. The minimum Gasteiger partial charge on any atom is -0.493 e. The maximum atomic E-state index is 12.4. The molecule has 1 aromatic heterocycles. The first kappa shape index (κ1) is 22.1. The maximum absolute atomic E-state index is 12.4. The van der Waals surface area contributed by atoms with Gasteiger partial charge < -0.3 is 19.0 Å². The number of methoxy groups -OCH3 is 1. The number of para-hydroxylation sites is 1. The van der Waals surface area contributed by atoms with Crippen molar-refractivity contribution in [2.75, 3.05) is 7.11 Å². The Morgan fingerprint density at radius 1 is 1.33 bits per heavy atom. The number of hydrazone groups is 1. The van der Waals surface area contributed by atoms with Crippen LogP contribution in [0.25, 0.3) is 11.0 Å². The summed E-state index contributed by atoms with van der Waals surface area (Å²) in [6.45, 7) is 1.40. The molecule has 0 fully saturated rings. The molecule has 1 heterocycles. The Morgan fingerprint density at radius 2 is 2.10 bits per heavy atom. The van der Waals surface area contributed by atoms with E-state index in [1.165, 1.54) is 20.2 Å². The molecular weight excluding hydrogens is 571 g/mol. The number of ether oxygens (including phenoxy) is 2. The fraction of sp³-hybridized carbons (Fsp3) is 0.150. The van der Waals surface area contributed by atoms with E-state index in [9.17, 15) is 9.59 Å². The van der Waals surface area contributed by atoms with Crippen LogP contribution in [0.15, 0.2) is 50.4 Å². The fourth-order valence-corrected chi connectivity index (χ4v) is 4.21. The first-order chi connectivity index (χ1) is 14.3. The number of carbonyl (C=O) groups is 2. The van der Waals surface area contributed by atoms with E-state index in [4.69, 9.17) is 19.0 Å². The third-order valence-electron chi connectivity index (χ3n) is 4.00. The Morgan fingerprint density at radius 3 is 2.80 bits per heavy atom. The molecule has 0 aliphatic rings. The summed E-state index contributed by atoms with van der Waals surface area (Å²) in [5.41, 5.74) is 3.44. The Bertz CT molecular complexity index is 1140. The topological polar surface area (TPSA) is 110 Å². The summed E-state index contributed by atoms with van der Waals surface area (Å²) in [6.07, 6.45) is 0.244. The largest absolute Gasteiger partial charge is 0.493 e. The monoisotopic (exact) mass is 586 g/mol. The first-order valence-corrected chi connectivity index (χ1v) is 10.5. The minimum atomic E-state index is -1.12. The van der Waals surface area contributed by atoms with Crippen molar-refractivity contribution in [1.82, 2.24) is 5.43 Å². The van der Waals surface area contributed by atoms with Gasteiger partial charge in [0, 0.05) is 15.4 Å². The van der Waals surface area contributed by atoms with E-state index >= 15 is 0 Å². The van der Waals surface area contributed by atoms with Crippen LogP contribution in [0.2, 0.25) is 0 Å². The number of halogens is 2. The highest BCUT2D eigenvalue weighted by Crippen LogP contribution is 2.31. The smallest absolute Gasteiger partial charge is 0.344 e. The molecule has 3 aromatic rings. The SMILES string of the molecule is COc1cccc(/C=N\NC(=O)c2cc3cc(Br)cc(I)c3o2)c1O[C@@H](C)C(=O)O. The number of benzene rings is 2. The van der Waals surface area contributed by atoms with Gasteiger partial charge in [-0.1, -0.05) is 22.0 Å². The number of carboxylic acid groups (broad SMARTS) is 1. The summed E-state index contributed by atoms with van der Waals surface area (Å²) in [7, 11) is 1.44. The van der Waals surface area contributed by atoms with Crippen molar-refractivity contribution < 1.29 is 28.6 Å². The van der Waals surface area contributed by atoms with Crippen LogP contribution in [0.1, 0.15) is 23.0 Å². The van der Waals surface area contributed by atoms with Gasteiger partial charge in [-0.2, -0.15) is 5.10 Å². The van der Waals surface area contributed by atoms with Crippen LogP contribution < -0.4 is 14.9 Å². The number of furan rings is 1. The Kier molecular flexibility index (Phi) is 6.98. The number of fused-ring (bicyclic) bond motifs is 1. The van der Waals surface area contributed by atoms with Crippen LogP contribution in [-0.4, -0.2) is 36.4 Å². The third kappa shape index (κ3) is 4.93. The molecule has 0 bridgehead atoms. The molecule has 30 heavy (non-hydrogen) atoms. The molecular formula is C20H16BrIN2O6. The van der Waals surface area contributed by atoms with Crippen molar-refractivity contribution in [3.8, 4) is 11.5 Å². The van der Waals surface area contributed by atoms with Crippen molar-refractivity contribution in [1.29, 1.82) is 0 Å². The molecule has 1 amide bonds. The lowest BCUT2D eigenvalue weighted by Crippen LogP contribution is -2.23. The molecule has 10 heteroatoms. The lowest BCUT2D eigenvalue weighted by Gasteiger charge is -2.15. The number of nitrogens with zero attached hydrogens (tertiary/aromatic N) is 1. The van der Waals surface area contributed by atoms with E-state index < -0.39 is 18.0 Å². The van der Waals surface area contributed by atoms with Crippen molar-refractivity contribution in [3.63, 3.8) is 0 Å². The van der Waals surface area contributed by atoms with E-state index in [0.717, 1.165) is 13.4 Å². The number of hydrogen-bond donors (Lipinski definition) is 2. The van der Waals surface area contributed by atoms with Gasteiger partial charge in [-0.3, -0.25) is 4.79 Å². The second-order valence-electron chi connectivity index (χ2n) is 6.09. The van der Waals surface area contributed by atoms with Gasteiger partial charge in [-0.25, -0.2) is 10.2 Å². The van der Waals surface area contributed by atoms with Crippen LogP contribution in [0.4, 0.5) is 0 Å². The zero-order valence-corrected chi connectivity index (χ0v) is 19.6. The molecule has 156 valence electrons. The number of carboxylic acids is 1. The third-order valence-corrected chi connectivity index (χ3v) is 5.26. The lowest BCUT2D eigenvalue weighted by molar-refractivity contribution is -0.144. The predicted octanol–water partition coefficient (Wildman–Crippen LogP) is 4.42. The Balaban J connectivity index is 1.80. The van der Waals surface area contributed by atoms with E-state index in [1.807, 2.05) is 12.1 Å². The Hall–Kier alpha value is -2.60. The summed E-state index contributed by atoms with van der Waals surface area (Å²) in [5.74, 6) is -0.992. The van der Waals surface area contributed by atoms with E-state index in [0.29, 0.717) is 16.9 Å². The molecule has 2 N–H and O–H groups in total.